The van der Waals surface area contributed by atoms with Crippen molar-refractivity contribution in [1.29, 1.82) is 0 Å². The fourth-order valence-electron chi connectivity index (χ4n) is 4.04. The maximum absolute atomic E-state index is 12.7. The molecule has 0 amide bonds. The summed E-state index contributed by atoms with van der Waals surface area (Å²) in [6.45, 7) is 6.17. The second-order valence-corrected chi connectivity index (χ2v) is 8.40. The van der Waals surface area contributed by atoms with E-state index < -0.39 is 5.63 Å². The van der Waals surface area contributed by atoms with E-state index >= 15 is 0 Å². The molecule has 4 aromatic rings. The minimum Gasteiger partial charge on any atom is -0.403 e. The number of anilines is 1. The second-order valence-electron chi connectivity index (χ2n) is 7.99. The first-order valence-corrected chi connectivity index (χ1v) is 10.3. The van der Waals surface area contributed by atoms with Gasteiger partial charge >= 0.3 is 5.63 Å². The molecule has 0 radical (unpaired) electrons. The summed E-state index contributed by atoms with van der Waals surface area (Å²) in [6.07, 6.45) is 3.61. The Hall–Kier alpha value is -2.90. The molecule has 1 aliphatic rings. The molecule has 4 aromatic heterocycles. The maximum atomic E-state index is 12.7. The number of aromatic nitrogens is 3. The molecule has 5 heterocycles. The van der Waals surface area contributed by atoms with E-state index in [9.17, 15) is 4.79 Å². The van der Waals surface area contributed by atoms with E-state index in [4.69, 9.17) is 16.0 Å². The average Bonchev–Trinajstić information content (AvgIpc) is 3.16. The molecule has 2 atom stereocenters. The van der Waals surface area contributed by atoms with Crippen molar-refractivity contribution in [3.63, 3.8) is 0 Å². The maximum Gasteiger partial charge on any atom is 0.347 e. The molecule has 0 saturated carbocycles. The van der Waals surface area contributed by atoms with E-state index in [0.29, 0.717) is 39.7 Å². The Morgan fingerprint density at radius 1 is 1.13 bits per heavy atom. The summed E-state index contributed by atoms with van der Waals surface area (Å²) in [5.74, 6) is 0.824. The number of pyridine rings is 2. The summed E-state index contributed by atoms with van der Waals surface area (Å²) < 4.78 is 7.38. The Balaban J connectivity index is 1.54. The molecular formula is C22H22ClN5O2. The first kappa shape index (κ1) is 19.1. The Labute approximate surface area is 178 Å². The van der Waals surface area contributed by atoms with Crippen molar-refractivity contribution in [2.45, 2.75) is 25.9 Å². The number of likely N-dealkylation sites (N-methyl/N-ethyl adjacent to an activating group) is 1. The van der Waals surface area contributed by atoms with Gasteiger partial charge < -0.3 is 13.7 Å². The smallest absolute Gasteiger partial charge is 0.347 e. The molecule has 5 rings (SSSR count). The first-order chi connectivity index (χ1) is 14.4. The topological polar surface area (TPSA) is 66.9 Å². The lowest BCUT2D eigenvalue weighted by Crippen LogP contribution is -2.55. The van der Waals surface area contributed by atoms with Gasteiger partial charge in [0.1, 0.15) is 5.82 Å². The van der Waals surface area contributed by atoms with Gasteiger partial charge in [-0.05, 0) is 51.2 Å². The summed E-state index contributed by atoms with van der Waals surface area (Å²) in [5, 5.41) is 1.28. The number of rotatable bonds is 2. The van der Waals surface area contributed by atoms with E-state index in [1.54, 1.807) is 22.7 Å². The zero-order valence-corrected chi connectivity index (χ0v) is 17.8. The van der Waals surface area contributed by atoms with Gasteiger partial charge in [-0.15, -0.1) is 0 Å². The minimum atomic E-state index is -0.466. The second kappa shape index (κ2) is 7.11. The number of piperazine rings is 1. The molecule has 0 N–H and O–H groups in total. The zero-order valence-electron chi connectivity index (χ0n) is 17.0. The lowest BCUT2D eigenvalue weighted by molar-refractivity contribution is 0.169. The summed E-state index contributed by atoms with van der Waals surface area (Å²) in [5.41, 5.74) is 1.37. The van der Waals surface area contributed by atoms with Crippen LogP contribution in [-0.4, -0.2) is 51.5 Å². The zero-order chi connectivity index (χ0) is 21.0. The number of nitrogens with zero attached hydrogens (tertiary/aromatic N) is 5. The summed E-state index contributed by atoms with van der Waals surface area (Å²) in [7, 11) is 2.15. The third kappa shape index (κ3) is 3.14. The van der Waals surface area contributed by atoms with Crippen LogP contribution in [0.4, 0.5) is 5.82 Å². The van der Waals surface area contributed by atoms with Gasteiger partial charge in [0.15, 0.2) is 5.65 Å². The molecule has 30 heavy (non-hydrogen) atoms. The minimum absolute atomic E-state index is 0.335. The monoisotopic (exact) mass is 423 g/mol. The average molecular weight is 424 g/mol. The molecule has 0 bridgehead atoms. The molecule has 154 valence electrons. The van der Waals surface area contributed by atoms with Crippen molar-refractivity contribution in [3.8, 4) is 11.3 Å². The van der Waals surface area contributed by atoms with Crippen molar-refractivity contribution < 1.29 is 4.42 Å². The molecule has 7 nitrogen and oxygen atoms in total. The van der Waals surface area contributed by atoms with Crippen LogP contribution in [0.1, 0.15) is 13.8 Å². The van der Waals surface area contributed by atoms with Crippen LogP contribution >= 0.6 is 11.6 Å². The molecule has 0 spiro atoms. The first-order valence-electron chi connectivity index (χ1n) is 9.96. The van der Waals surface area contributed by atoms with Gasteiger partial charge in [0.05, 0.1) is 16.3 Å². The fourth-order valence-corrected chi connectivity index (χ4v) is 4.26. The number of fused-ring (bicyclic) bond motifs is 2. The lowest BCUT2D eigenvalue weighted by atomic mass is 10.1. The molecule has 0 aliphatic carbocycles. The number of hydrogen-bond acceptors (Lipinski definition) is 6. The Morgan fingerprint density at radius 2 is 1.90 bits per heavy atom. The lowest BCUT2D eigenvalue weighted by Gasteiger charge is -2.42. The van der Waals surface area contributed by atoms with Crippen LogP contribution in [0, 0.1) is 0 Å². The predicted octanol–water partition coefficient (Wildman–Crippen LogP) is 3.68. The molecule has 1 fully saturated rings. The van der Waals surface area contributed by atoms with E-state index in [0.717, 1.165) is 24.3 Å². The van der Waals surface area contributed by atoms with Crippen LogP contribution in [0.15, 0.2) is 51.9 Å². The fraction of sp³-hybridized carbons (Fsp3) is 0.318. The normalized spacial score (nSPS) is 20.3. The molecule has 2 unspecified atom stereocenters. The van der Waals surface area contributed by atoms with E-state index in [1.807, 2.05) is 24.4 Å². The van der Waals surface area contributed by atoms with Gasteiger partial charge in [0.25, 0.3) is 0 Å². The van der Waals surface area contributed by atoms with Crippen LogP contribution < -0.4 is 10.5 Å². The highest BCUT2D eigenvalue weighted by Crippen LogP contribution is 2.26. The molecule has 0 aromatic carbocycles. The van der Waals surface area contributed by atoms with Crippen LogP contribution in [-0.2, 0) is 0 Å². The number of halogens is 1. The third-order valence-electron chi connectivity index (χ3n) is 5.98. The van der Waals surface area contributed by atoms with Crippen LogP contribution in [0.3, 0.4) is 0 Å². The van der Waals surface area contributed by atoms with Crippen molar-refractivity contribution in [1.82, 2.24) is 19.3 Å². The Kier molecular flexibility index (Phi) is 4.52. The van der Waals surface area contributed by atoms with Crippen LogP contribution in [0.5, 0.6) is 0 Å². The molecule has 1 aliphatic heterocycles. The standard InChI is InChI=1S/C22H22ClN5O2/c1-13-10-28(11-14(2)26(13)3)19-7-6-15-9-16(22(29)30-21(15)25-19)18-12-27-8-4-5-17(23)20(27)24-18/h4-9,12-14H,10-11H2,1-3H3. The van der Waals surface area contributed by atoms with Crippen LogP contribution in [0.25, 0.3) is 28.0 Å². The Bertz CT molecular complexity index is 1300. The van der Waals surface area contributed by atoms with E-state index in [1.165, 1.54) is 0 Å². The van der Waals surface area contributed by atoms with Crippen molar-refractivity contribution >= 4 is 34.2 Å². The van der Waals surface area contributed by atoms with Crippen molar-refractivity contribution in [2.75, 3.05) is 25.0 Å². The quantitative estimate of drug-likeness (QED) is 0.490. The molecule has 8 heteroatoms. The predicted molar refractivity (Wildman–Crippen MR) is 118 cm³/mol. The van der Waals surface area contributed by atoms with E-state index in [-0.39, 0.29) is 0 Å². The van der Waals surface area contributed by atoms with Crippen molar-refractivity contribution in [3.05, 3.63) is 58.2 Å². The summed E-state index contributed by atoms with van der Waals surface area (Å²) in [6, 6.07) is 10.1. The van der Waals surface area contributed by atoms with Crippen molar-refractivity contribution in [2.24, 2.45) is 0 Å². The van der Waals surface area contributed by atoms with Gasteiger partial charge in [0, 0.05) is 43.0 Å². The molecule has 1 saturated heterocycles. The summed E-state index contributed by atoms with van der Waals surface area (Å²) >= 11 is 6.21. The number of hydrogen-bond donors (Lipinski definition) is 0. The highest BCUT2D eigenvalue weighted by Gasteiger charge is 2.27. The highest BCUT2D eigenvalue weighted by atomic mass is 35.5. The Morgan fingerprint density at radius 3 is 2.63 bits per heavy atom. The molecular weight excluding hydrogens is 402 g/mol. The number of imidazole rings is 1. The van der Waals surface area contributed by atoms with Gasteiger partial charge in [-0.3, -0.25) is 4.90 Å². The summed E-state index contributed by atoms with van der Waals surface area (Å²) in [4.78, 5) is 26.5. The van der Waals surface area contributed by atoms with Gasteiger partial charge in [-0.1, -0.05) is 11.6 Å². The van der Waals surface area contributed by atoms with Gasteiger partial charge in [-0.2, -0.15) is 4.98 Å². The van der Waals surface area contributed by atoms with E-state index in [2.05, 4.69) is 40.7 Å². The van der Waals surface area contributed by atoms with Crippen LogP contribution in [0.2, 0.25) is 5.02 Å². The third-order valence-corrected chi connectivity index (χ3v) is 6.27. The SMILES string of the molecule is CC1CN(c2ccc3cc(-c4cn5cccc(Cl)c5n4)c(=O)oc3n2)CC(C)N1C. The van der Waals surface area contributed by atoms with Gasteiger partial charge in [0.2, 0.25) is 5.71 Å². The largest absolute Gasteiger partial charge is 0.403 e. The van der Waals surface area contributed by atoms with Gasteiger partial charge in [-0.25, -0.2) is 9.78 Å². The highest BCUT2D eigenvalue weighted by molar-refractivity contribution is 6.33.